The van der Waals surface area contributed by atoms with Crippen molar-refractivity contribution in [3.63, 3.8) is 0 Å². The number of nitrogens with one attached hydrogen (secondary N) is 1. The quantitative estimate of drug-likeness (QED) is 0.824. The van der Waals surface area contributed by atoms with Crippen LogP contribution in [0.4, 0.5) is 0 Å². The highest BCUT2D eigenvalue weighted by Crippen LogP contribution is 2.25. The first-order valence-electron chi connectivity index (χ1n) is 4.77. The fourth-order valence-electron chi connectivity index (χ4n) is 1.28. The van der Waals surface area contributed by atoms with Crippen molar-refractivity contribution in [1.29, 1.82) is 0 Å². The highest BCUT2D eigenvalue weighted by atomic mass is 35.5. The molecular formula is C10H14ClNO3S. The third-order valence-electron chi connectivity index (χ3n) is 2.01. The predicted octanol–water partition coefficient (Wildman–Crippen LogP) is 1.73. The first-order valence-corrected chi connectivity index (χ1v) is 6.79. The average Bonchev–Trinajstić information content (AvgIpc) is 2.28. The van der Waals surface area contributed by atoms with Crippen molar-refractivity contribution >= 4 is 21.6 Å². The summed E-state index contributed by atoms with van der Waals surface area (Å²) < 4.78 is 31.0. The largest absolute Gasteiger partial charge is 0.495 e. The van der Waals surface area contributed by atoms with E-state index in [1.807, 2.05) is 0 Å². The van der Waals surface area contributed by atoms with Gasteiger partial charge < -0.3 is 4.74 Å². The number of ether oxygens (including phenoxy) is 1. The Balaban J connectivity index is 3.24. The van der Waals surface area contributed by atoms with Gasteiger partial charge in [-0.2, -0.15) is 0 Å². The van der Waals surface area contributed by atoms with Gasteiger partial charge in [0, 0.05) is 12.4 Å². The molecule has 0 aliphatic carbocycles. The van der Waals surface area contributed by atoms with Gasteiger partial charge in [0.25, 0.3) is 0 Å². The van der Waals surface area contributed by atoms with Crippen molar-refractivity contribution in [3.05, 3.63) is 23.8 Å². The van der Waals surface area contributed by atoms with Crippen molar-refractivity contribution in [2.24, 2.45) is 0 Å². The zero-order valence-electron chi connectivity index (χ0n) is 9.16. The average molecular weight is 264 g/mol. The number of rotatable bonds is 5. The van der Waals surface area contributed by atoms with E-state index in [1.54, 1.807) is 19.1 Å². The first kappa shape index (κ1) is 13.3. The second-order valence-corrected chi connectivity index (χ2v) is 5.12. The minimum Gasteiger partial charge on any atom is -0.495 e. The molecule has 1 aromatic rings. The Morgan fingerprint density at radius 1 is 1.44 bits per heavy atom. The van der Waals surface area contributed by atoms with E-state index in [4.69, 9.17) is 16.3 Å². The molecule has 0 aromatic heterocycles. The van der Waals surface area contributed by atoms with Gasteiger partial charge in [-0.05, 0) is 17.7 Å². The Morgan fingerprint density at radius 3 is 2.62 bits per heavy atom. The van der Waals surface area contributed by atoms with Gasteiger partial charge in [-0.25, -0.2) is 13.1 Å². The number of hydrogen-bond acceptors (Lipinski definition) is 3. The van der Waals surface area contributed by atoms with E-state index in [-0.39, 0.29) is 4.90 Å². The Hall–Kier alpha value is -0.780. The molecule has 90 valence electrons. The van der Waals surface area contributed by atoms with Crippen LogP contribution in [0.3, 0.4) is 0 Å². The molecule has 0 aliphatic rings. The zero-order valence-corrected chi connectivity index (χ0v) is 10.7. The molecule has 0 fully saturated rings. The molecule has 6 heteroatoms. The highest BCUT2D eigenvalue weighted by molar-refractivity contribution is 7.89. The van der Waals surface area contributed by atoms with Crippen molar-refractivity contribution in [2.75, 3.05) is 13.7 Å². The van der Waals surface area contributed by atoms with Gasteiger partial charge in [0.1, 0.15) is 10.6 Å². The van der Waals surface area contributed by atoms with Crippen molar-refractivity contribution < 1.29 is 13.2 Å². The van der Waals surface area contributed by atoms with Crippen LogP contribution in [-0.4, -0.2) is 22.1 Å². The van der Waals surface area contributed by atoms with Crippen LogP contribution < -0.4 is 9.46 Å². The molecule has 0 amide bonds. The van der Waals surface area contributed by atoms with Gasteiger partial charge in [0.2, 0.25) is 10.0 Å². The molecule has 0 radical (unpaired) electrons. The van der Waals surface area contributed by atoms with Crippen molar-refractivity contribution in [3.8, 4) is 5.75 Å². The number of hydrogen-bond donors (Lipinski definition) is 1. The maximum atomic E-state index is 11.8. The Kier molecular flexibility index (Phi) is 4.58. The number of alkyl halides is 1. The molecular weight excluding hydrogens is 250 g/mol. The number of halogens is 1. The Labute approximate surface area is 101 Å². The Bertz CT molecular complexity index is 459. The van der Waals surface area contributed by atoms with Crippen LogP contribution in [0.25, 0.3) is 0 Å². The fraction of sp³-hybridized carbons (Fsp3) is 0.400. The van der Waals surface area contributed by atoms with Crippen LogP contribution in [0, 0.1) is 0 Å². The summed E-state index contributed by atoms with van der Waals surface area (Å²) in [5.74, 6) is 0.622. The highest BCUT2D eigenvalue weighted by Gasteiger charge is 2.18. The molecule has 1 rings (SSSR count). The summed E-state index contributed by atoms with van der Waals surface area (Å²) in [5.41, 5.74) is 0.814. The van der Waals surface area contributed by atoms with Crippen molar-refractivity contribution in [2.45, 2.75) is 17.7 Å². The SMILES string of the molecule is CCNS(=O)(=O)c1ccc(CCl)cc1OC. The first-order chi connectivity index (χ1) is 7.55. The van der Waals surface area contributed by atoms with Crippen molar-refractivity contribution in [1.82, 2.24) is 4.72 Å². The summed E-state index contributed by atoms with van der Waals surface area (Å²) in [6.07, 6.45) is 0. The number of benzene rings is 1. The second kappa shape index (κ2) is 5.52. The Morgan fingerprint density at radius 2 is 2.12 bits per heavy atom. The van der Waals surface area contributed by atoms with E-state index in [0.29, 0.717) is 18.2 Å². The van der Waals surface area contributed by atoms with E-state index >= 15 is 0 Å². The van der Waals surface area contributed by atoms with Crippen LogP contribution in [-0.2, 0) is 15.9 Å². The second-order valence-electron chi connectivity index (χ2n) is 3.12. The molecule has 1 aromatic carbocycles. The molecule has 0 saturated heterocycles. The lowest BCUT2D eigenvalue weighted by Crippen LogP contribution is -2.23. The molecule has 1 N–H and O–H groups in total. The van der Waals surface area contributed by atoms with E-state index < -0.39 is 10.0 Å². The van der Waals surface area contributed by atoms with Gasteiger partial charge in [-0.1, -0.05) is 13.0 Å². The number of sulfonamides is 1. The van der Waals surface area contributed by atoms with E-state index in [2.05, 4.69) is 4.72 Å². The van der Waals surface area contributed by atoms with Gasteiger partial charge in [0.05, 0.1) is 7.11 Å². The summed E-state index contributed by atoms with van der Waals surface area (Å²) in [6, 6.07) is 4.78. The minimum atomic E-state index is -3.50. The van der Waals surface area contributed by atoms with E-state index in [9.17, 15) is 8.42 Å². The topological polar surface area (TPSA) is 55.4 Å². The summed E-state index contributed by atoms with van der Waals surface area (Å²) in [4.78, 5) is 0.130. The van der Waals surface area contributed by atoms with Crippen LogP contribution in [0.5, 0.6) is 5.75 Å². The molecule has 0 atom stereocenters. The molecule has 0 heterocycles. The van der Waals surface area contributed by atoms with Crippen LogP contribution in [0.15, 0.2) is 23.1 Å². The monoisotopic (exact) mass is 263 g/mol. The fourth-order valence-corrected chi connectivity index (χ4v) is 2.64. The van der Waals surface area contributed by atoms with Crippen LogP contribution in [0.2, 0.25) is 0 Å². The predicted molar refractivity (Wildman–Crippen MR) is 63.4 cm³/mol. The molecule has 0 unspecified atom stereocenters. The molecule has 0 spiro atoms. The van der Waals surface area contributed by atoms with Gasteiger partial charge in [0.15, 0.2) is 0 Å². The maximum Gasteiger partial charge on any atom is 0.244 e. The summed E-state index contributed by atoms with van der Waals surface area (Å²) in [7, 11) is -2.07. The zero-order chi connectivity index (χ0) is 12.2. The van der Waals surface area contributed by atoms with E-state index in [1.165, 1.54) is 13.2 Å². The smallest absolute Gasteiger partial charge is 0.244 e. The molecule has 4 nitrogen and oxygen atoms in total. The lowest BCUT2D eigenvalue weighted by molar-refractivity contribution is 0.402. The van der Waals surface area contributed by atoms with Gasteiger partial charge >= 0.3 is 0 Å². The number of methoxy groups -OCH3 is 1. The summed E-state index contributed by atoms with van der Waals surface area (Å²) in [5, 5.41) is 0. The maximum absolute atomic E-state index is 11.8. The lowest BCUT2D eigenvalue weighted by atomic mass is 10.2. The van der Waals surface area contributed by atoms with Gasteiger partial charge in [-0.15, -0.1) is 11.6 Å². The molecule has 0 aliphatic heterocycles. The standard InChI is InChI=1S/C10H14ClNO3S/c1-3-12-16(13,14)10-5-4-8(7-11)6-9(10)15-2/h4-6,12H,3,7H2,1-2H3. The molecule has 16 heavy (non-hydrogen) atoms. The molecule has 0 bridgehead atoms. The normalized spacial score (nSPS) is 11.4. The summed E-state index contributed by atoms with van der Waals surface area (Å²) >= 11 is 5.66. The lowest BCUT2D eigenvalue weighted by Gasteiger charge is -2.10. The third-order valence-corrected chi connectivity index (χ3v) is 3.90. The van der Waals surface area contributed by atoms with Crippen LogP contribution >= 0.6 is 11.6 Å². The molecule has 0 saturated carbocycles. The minimum absolute atomic E-state index is 0.130. The van der Waals surface area contributed by atoms with Crippen LogP contribution in [0.1, 0.15) is 12.5 Å². The van der Waals surface area contributed by atoms with E-state index in [0.717, 1.165) is 5.56 Å². The summed E-state index contributed by atoms with van der Waals surface area (Å²) in [6.45, 7) is 2.06. The third kappa shape index (κ3) is 2.87. The van der Waals surface area contributed by atoms with Gasteiger partial charge in [-0.3, -0.25) is 0 Å².